The van der Waals surface area contributed by atoms with Gasteiger partial charge in [0.15, 0.2) is 0 Å². The Morgan fingerprint density at radius 3 is 2.67 bits per heavy atom. The van der Waals surface area contributed by atoms with Gasteiger partial charge in [-0.2, -0.15) is 5.26 Å². The van der Waals surface area contributed by atoms with Crippen molar-refractivity contribution in [3.8, 4) is 6.07 Å². The van der Waals surface area contributed by atoms with Crippen molar-refractivity contribution < 1.29 is 0 Å². The zero-order valence-corrected chi connectivity index (χ0v) is 10.5. The minimum atomic E-state index is 0.442. The molecule has 2 aromatic rings. The van der Waals surface area contributed by atoms with Crippen LogP contribution < -0.4 is 5.32 Å². The lowest BCUT2D eigenvalue weighted by Crippen LogP contribution is -2.12. The van der Waals surface area contributed by atoms with Crippen molar-refractivity contribution in [2.45, 2.75) is 13.1 Å². The first kappa shape index (κ1) is 12.6. The van der Waals surface area contributed by atoms with Crippen molar-refractivity contribution in [1.29, 1.82) is 5.26 Å². The fourth-order valence-electron chi connectivity index (χ4n) is 1.64. The minimum Gasteiger partial charge on any atom is -0.309 e. The summed E-state index contributed by atoms with van der Waals surface area (Å²) in [6, 6.07) is 13.4. The Hall–Kier alpha value is -1.89. The Balaban J connectivity index is 1.90. The van der Waals surface area contributed by atoms with Gasteiger partial charge in [-0.1, -0.05) is 23.7 Å². The number of halogens is 1. The van der Waals surface area contributed by atoms with E-state index >= 15 is 0 Å². The molecule has 90 valence electrons. The highest BCUT2D eigenvalue weighted by molar-refractivity contribution is 6.30. The van der Waals surface area contributed by atoms with Gasteiger partial charge in [-0.05, 0) is 35.4 Å². The molecule has 2 rings (SSSR count). The summed E-state index contributed by atoms with van der Waals surface area (Å²) in [7, 11) is 0. The van der Waals surface area contributed by atoms with Crippen LogP contribution in [0, 0.1) is 11.3 Å². The summed E-state index contributed by atoms with van der Waals surface area (Å²) in [5.74, 6) is 0. The zero-order chi connectivity index (χ0) is 12.8. The third-order valence-corrected chi connectivity index (χ3v) is 2.72. The molecule has 0 unspecified atom stereocenters. The number of aromatic nitrogens is 1. The first-order valence-corrected chi connectivity index (χ1v) is 5.96. The lowest BCUT2D eigenvalue weighted by Gasteiger charge is -2.05. The second-order valence-electron chi connectivity index (χ2n) is 3.89. The molecular formula is C14H12ClN3. The SMILES string of the molecule is N#Cc1cc(CNCc2cccc(Cl)c2)ccn1. The number of benzene rings is 1. The molecular weight excluding hydrogens is 246 g/mol. The molecule has 1 N–H and O–H groups in total. The highest BCUT2D eigenvalue weighted by atomic mass is 35.5. The van der Waals surface area contributed by atoms with Crippen LogP contribution in [-0.4, -0.2) is 4.98 Å². The Bertz CT molecular complexity index is 575. The smallest absolute Gasteiger partial charge is 0.140 e. The maximum absolute atomic E-state index is 8.75. The fraction of sp³-hybridized carbons (Fsp3) is 0.143. The number of nitrogens with one attached hydrogen (secondary N) is 1. The molecule has 0 fully saturated rings. The van der Waals surface area contributed by atoms with Gasteiger partial charge in [-0.3, -0.25) is 0 Å². The second kappa shape index (κ2) is 6.15. The van der Waals surface area contributed by atoms with E-state index in [0.717, 1.165) is 22.7 Å². The van der Waals surface area contributed by atoms with E-state index in [-0.39, 0.29) is 0 Å². The van der Waals surface area contributed by atoms with Gasteiger partial charge in [0.25, 0.3) is 0 Å². The quantitative estimate of drug-likeness (QED) is 0.916. The van der Waals surface area contributed by atoms with Gasteiger partial charge < -0.3 is 5.32 Å². The van der Waals surface area contributed by atoms with Crippen LogP contribution in [0.15, 0.2) is 42.6 Å². The average molecular weight is 258 g/mol. The first-order chi connectivity index (χ1) is 8.78. The van der Waals surface area contributed by atoms with Crippen LogP contribution in [0.4, 0.5) is 0 Å². The molecule has 4 heteroatoms. The Morgan fingerprint density at radius 1 is 1.17 bits per heavy atom. The molecule has 0 bridgehead atoms. The number of hydrogen-bond acceptors (Lipinski definition) is 3. The van der Waals surface area contributed by atoms with Crippen molar-refractivity contribution in [2.24, 2.45) is 0 Å². The fourth-order valence-corrected chi connectivity index (χ4v) is 1.86. The van der Waals surface area contributed by atoms with Crippen molar-refractivity contribution in [2.75, 3.05) is 0 Å². The van der Waals surface area contributed by atoms with Gasteiger partial charge in [0.2, 0.25) is 0 Å². The molecule has 0 saturated carbocycles. The van der Waals surface area contributed by atoms with Crippen LogP contribution in [0.3, 0.4) is 0 Å². The van der Waals surface area contributed by atoms with E-state index < -0.39 is 0 Å². The molecule has 3 nitrogen and oxygen atoms in total. The Kier molecular flexibility index (Phi) is 4.30. The van der Waals surface area contributed by atoms with Gasteiger partial charge in [0.1, 0.15) is 11.8 Å². The van der Waals surface area contributed by atoms with E-state index in [1.54, 1.807) is 12.3 Å². The van der Waals surface area contributed by atoms with Crippen LogP contribution in [0.1, 0.15) is 16.8 Å². The van der Waals surface area contributed by atoms with Crippen molar-refractivity contribution in [1.82, 2.24) is 10.3 Å². The maximum Gasteiger partial charge on any atom is 0.140 e. The molecule has 0 atom stereocenters. The van der Waals surface area contributed by atoms with Gasteiger partial charge in [0, 0.05) is 24.3 Å². The van der Waals surface area contributed by atoms with Gasteiger partial charge in [-0.25, -0.2) is 4.98 Å². The number of pyridine rings is 1. The standard InChI is InChI=1S/C14H12ClN3/c15-13-3-1-2-11(6-13)9-17-10-12-4-5-18-14(7-12)8-16/h1-7,17H,9-10H2. The van der Waals surface area contributed by atoms with Crippen LogP contribution in [-0.2, 0) is 13.1 Å². The van der Waals surface area contributed by atoms with E-state index in [9.17, 15) is 0 Å². The number of rotatable bonds is 4. The third kappa shape index (κ3) is 3.56. The van der Waals surface area contributed by atoms with E-state index in [0.29, 0.717) is 12.2 Å². The number of nitrogens with zero attached hydrogens (tertiary/aromatic N) is 2. The van der Waals surface area contributed by atoms with Gasteiger partial charge >= 0.3 is 0 Å². The maximum atomic E-state index is 8.75. The molecule has 0 radical (unpaired) electrons. The molecule has 0 saturated heterocycles. The highest BCUT2D eigenvalue weighted by Gasteiger charge is 1.97. The first-order valence-electron chi connectivity index (χ1n) is 5.58. The molecule has 0 aliphatic carbocycles. The molecule has 0 amide bonds. The Morgan fingerprint density at radius 2 is 1.94 bits per heavy atom. The molecule has 0 aliphatic heterocycles. The third-order valence-electron chi connectivity index (χ3n) is 2.49. The summed E-state index contributed by atoms with van der Waals surface area (Å²) in [6.07, 6.45) is 1.65. The molecule has 18 heavy (non-hydrogen) atoms. The predicted molar refractivity (Wildman–Crippen MR) is 70.9 cm³/mol. The van der Waals surface area contributed by atoms with Gasteiger partial charge in [-0.15, -0.1) is 0 Å². The zero-order valence-electron chi connectivity index (χ0n) is 9.73. The molecule has 0 spiro atoms. The van der Waals surface area contributed by atoms with Crippen LogP contribution in [0.25, 0.3) is 0 Å². The van der Waals surface area contributed by atoms with Crippen molar-refractivity contribution >= 4 is 11.6 Å². The topological polar surface area (TPSA) is 48.7 Å². The molecule has 0 aliphatic rings. The lowest BCUT2D eigenvalue weighted by atomic mass is 10.2. The largest absolute Gasteiger partial charge is 0.309 e. The number of nitriles is 1. The average Bonchev–Trinajstić information content (AvgIpc) is 2.39. The molecule has 1 aromatic carbocycles. The minimum absolute atomic E-state index is 0.442. The van der Waals surface area contributed by atoms with E-state index in [1.165, 1.54) is 0 Å². The summed E-state index contributed by atoms with van der Waals surface area (Å²) in [5.41, 5.74) is 2.62. The summed E-state index contributed by atoms with van der Waals surface area (Å²) >= 11 is 5.91. The highest BCUT2D eigenvalue weighted by Crippen LogP contribution is 2.10. The van der Waals surface area contributed by atoms with Crippen molar-refractivity contribution in [3.05, 3.63) is 64.4 Å². The monoisotopic (exact) mass is 257 g/mol. The van der Waals surface area contributed by atoms with E-state index in [2.05, 4.69) is 10.3 Å². The summed E-state index contributed by atoms with van der Waals surface area (Å²) < 4.78 is 0. The predicted octanol–water partition coefficient (Wildman–Crippen LogP) is 2.90. The van der Waals surface area contributed by atoms with Crippen molar-refractivity contribution in [3.63, 3.8) is 0 Å². The molecule has 1 aromatic heterocycles. The number of hydrogen-bond donors (Lipinski definition) is 1. The van der Waals surface area contributed by atoms with Crippen LogP contribution in [0.2, 0.25) is 5.02 Å². The second-order valence-corrected chi connectivity index (χ2v) is 4.33. The van der Waals surface area contributed by atoms with Crippen LogP contribution in [0.5, 0.6) is 0 Å². The summed E-state index contributed by atoms with van der Waals surface area (Å²) in [6.45, 7) is 1.44. The van der Waals surface area contributed by atoms with Crippen LogP contribution >= 0.6 is 11.6 Å². The van der Waals surface area contributed by atoms with E-state index in [1.807, 2.05) is 36.4 Å². The summed E-state index contributed by atoms with van der Waals surface area (Å²) in [5, 5.41) is 12.8. The lowest BCUT2D eigenvalue weighted by molar-refractivity contribution is 0.692. The normalized spacial score (nSPS) is 10.0. The summed E-state index contributed by atoms with van der Waals surface area (Å²) in [4.78, 5) is 3.93. The van der Waals surface area contributed by atoms with Gasteiger partial charge in [0.05, 0.1) is 0 Å². The Labute approximate surface area is 111 Å². The van der Waals surface area contributed by atoms with E-state index in [4.69, 9.17) is 16.9 Å². The molecule has 1 heterocycles.